The third kappa shape index (κ3) is 13.2. The van der Waals surface area contributed by atoms with E-state index in [0.29, 0.717) is 12.8 Å². The van der Waals surface area contributed by atoms with Gasteiger partial charge in [-0.3, -0.25) is 4.79 Å². The molecule has 0 saturated carbocycles. The van der Waals surface area contributed by atoms with Crippen molar-refractivity contribution in [1.82, 2.24) is 10.2 Å². The molecular formula is C29H49F5N2O. The molecule has 2 unspecified atom stereocenters. The van der Waals surface area contributed by atoms with Crippen LogP contribution in [-0.2, 0) is 5.41 Å². The molecule has 216 valence electrons. The lowest BCUT2D eigenvalue weighted by molar-refractivity contribution is -0.285. The fraction of sp³-hybridized carbons (Fsp3) is 0.862. The van der Waals surface area contributed by atoms with E-state index in [0.717, 1.165) is 50.6 Å². The molecule has 1 N–H and O–H groups in total. The molecule has 0 saturated heterocycles. The van der Waals surface area contributed by atoms with Gasteiger partial charge in [0, 0.05) is 17.9 Å². The normalized spacial score (nSPS) is 15.0. The van der Waals surface area contributed by atoms with E-state index in [1.807, 2.05) is 6.92 Å². The molecule has 0 aliphatic carbocycles. The van der Waals surface area contributed by atoms with E-state index in [4.69, 9.17) is 0 Å². The molecule has 0 aromatic carbocycles. The maximum Gasteiger partial charge on any atom is 0.453 e. The number of nitrogens with one attached hydrogen (secondary N) is 1. The summed E-state index contributed by atoms with van der Waals surface area (Å²) < 4.78 is 65.0. The smallest absolute Gasteiger partial charge is 0.268 e. The molecule has 0 aliphatic heterocycles. The van der Waals surface area contributed by atoms with Crippen LogP contribution in [-0.4, -0.2) is 22.3 Å². The van der Waals surface area contributed by atoms with Gasteiger partial charge in [-0.05, 0) is 31.2 Å². The quantitative estimate of drug-likeness (QED) is 0.125. The molecule has 8 heteroatoms. The van der Waals surface area contributed by atoms with Crippen molar-refractivity contribution in [3.8, 4) is 0 Å². The Balaban J connectivity index is 2.68. The second-order valence-corrected chi connectivity index (χ2v) is 11.1. The van der Waals surface area contributed by atoms with Gasteiger partial charge >= 0.3 is 12.1 Å². The number of aromatic nitrogens is 2. The minimum absolute atomic E-state index is 0.127. The third-order valence-electron chi connectivity index (χ3n) is 7.72. The molecular weight excluding hydrogens is 487 g/mol. The predicted octanol–water partition coefficient (Wildman–Crippen LogP) is 9.90. The molecule has 0 fully saturated rings. The second kappa shape index (κ2) is 17.2. The van der Waals surface area contributed by atoms with Crippen LogP contribution in [0.2, 0.25) is 0 Å². The van der Waals surface area contributed by atoms with E-state index in [2.05, 4.69) is 24.0 Å². The van der Waals surface area contributed by atoms with Crippen molar-refractivity contribution >= 4 is 0 Å². The highest BCUT2D eigenvalue weighted by molar-refractivity contribution is 5.13. The zero-order valence-electron chi connectivity index (χ0n) is 23.2. The minimum atomic E-state index is -5.49. The Morgan fingerprint density at radius 3 is 1.81 bits per heavy atom. The molecule has 2 atom stereocenters. The number of aromatic amines is 1. The van der Waals surface area contributed by atoms with Crippen molar-refractivity contribution in [1.29, 1.82) is 0 Å². The van der Waals surface area contributed by atoms with Crippen molar-refractivity contribution in [2.24, 2.45) is 5.92 Å². The highest BCUT2D eigenvalue weighted by Gasteiger charge is 2.56. The van der Waals surface area contributed by atoms with Gasteiger partial charge in [0.25, 0.3) is 5.56 Å². The zero-order valence-corrected chi connectivity index (χ0v) is 23.2. The third-order valence-corrected chi connectivity index (χ3v) is 7.72. The molecule has 0 amide bonds. The molecule has 1 rings (SSSR count). The van der Waals surface area contributed by atoms with Gasteiger partial charge in [0.2, 0.25) is 0 Å². The molecule has 1 aromatic heterocycles. The number of halogens is 5. The Hall–Kier alpha value is -1.47. The van der Waals surface area contributed by atoms with Gasteiger partial charge < -0.3 is 0 Å². The lowest BCUT2D eigenvalue weighted by atomic mass is 9.76. The first-order chi connectivity index (χ1) is 17.4. The van der Waals surface area contributed by atoms with Gasteiger partial charge in [-0.1, -0.05) is 111 Å². The van der Waals surface area contributed by atoms with Crippen LogP contribution in [0.1, 0.15) is 142 Å². The van der Waals surface area contributed by atoms with Gasteiger partial charge in [0.15, 0.2) is 0 Å². The number of rotatable bonds is 21. The Kier molecular flexibility index (Phi) is 15.6. The highest BCUT2D eigenvalue weighted by Crippen LogP contribution is 2.41. The molecule has 0 bridgehead atoms. The van der Waals surface area contributed by atoms with E-state index in [-0.39, 0.29) is 23.3 Å². The first-order valence-electron chi connectivity index (χ1n) is 14.5. The van der Waals surface area contributed by atoms with Crippen LogP contribution in [0.25, 0.3) is 0 Å². The number of unbranched alkanes of at least 4 members (excludes halogenated alkanes) is 9. The summed E-state index contributed by atoms with van der Waals surface area (Å²) in [7, 11) is 0. The average molecular weight is 537 g/mol. The van der Waals surface area contributed by atoms with Crippen molar-refractivity contribution in [2.45, 2.75) is 154 Å². The van der Waals surface area contributed by atoms with Crippen LogP contribution >= 0.6 is 0 Å². The van der Waals surface area contributed by atoms with E-state index < -0.39 is 18.5 Å². The molecule has 0 spiro atoms. The molecule has 1 heterocycles. The van der Waals surface area contributed by atoms with Crippen LogP contribution in [0.4, 0.5) is 22.0 Å². The van der Waals surface area contributed by atoms with E-state index in [1.54, 1.807) is 6.07 Å². The second-order valence-electron chi connectivity index (χ2n) is 11.1. The van der Waals surface area contributed by atoms with Gasteiger partial charge in [-0.2, -0.15) is 27.1 Å². The first-order valence-corrected chi connectivity index (χ1v) is 14.5. The van der Waals surface area contributed by atoms with Crippen molar-refractivity contribution in [2.75, 3.05) is 0 Å². The van der Waals surface area contributed by atoms with E-state index in [1.165, 1.54) is 51.0 Å². The standard InChI is InChI=1S/C29H49F5N2O/c1-4-6-8-9-10-11-12-13-14-21-27(3,25-18-19-26(37)36-35-25)22-15-17-24(16-7-5-2)20-23-28(30,31)29(32,33)34/h18-19,24H,4-17,20-23H2,1-3H3,(H,36,37). The van der Waals surface area contributed by atoms with Crippen LogP contribution < -0.4 is 5.56 Å². The van der Waals surface area contributed by atoms with Crippen LogP contribution in [0.15, 0.2) is 16.9 Å². The maximum atomic E-state index is 13.5. The van der Waals surface area contributed by atoms with E-state index >= 15 is 0 Å². The largest absolute Gasteiger partial charge is 0.453 e. The Morgan fingerprint density at radius 1 is 0.730 bits per heavy atom. The summed E-state index contributed by atoms with van der Waals surface area (Å²) in [4.78, 5) is 11.5. The maximum absolute atomic E-state index is 13.5. The zero-order chi connectivity index (χ0) is 27.8. The minimum Gasteiger partial charge on any atom is -0.268 e. The van der Waals surface area contributed by atoms with Crippen LogP contribution in [0, 0.1) is 5.92 Å². The van der Waals surface area contributed by atoms with Crippen molar-refractivity contribution < 1.29 is 22.0 Å². The summed E-state index contributed by atoms with van der Waals surface area (Å²) in [6.07, 6.45) is 9.57. The highest BCUT2D eigenvalue weighted by atomic mass is 19.4. The summed E-state index contributed by atoms with van der Waals surface area (Å²) in [6, 6.07) is 3.23. The molecule has 3 nitrogen and oxygen atoms in total. The summed E-state index contributed by atoms with van der Waals surface area (Å²) in [5.74, 6) is -4.80. The summed E-state index contributed by atoms with van der Waals surface area (Å²) in [6.45, 7) is 6.33. The van der Waals surface area contributed by atoms with Gasteiger partial charge in [-0.25, -0.2) is 5.10 Å². The number of hydrogen-bond donors (Lipinski definition) is 1. The van der Waals surface area contributed by atoms with Gasteiger partial charge in [0.05, 0.1) is 5.69 Å². The summed E-state index contributed by atoms with van der Waals surface area (Å²) in [5.41, 5.74) is 0.260. The Morgan fingerprint density at radius 2 is 1.27 bits per heavy atom. The molecule has 0 aliphatic rings. The fourth-order valence-corrected chi connectivity index (χ4v) is 5.12. The number of nitrogens with zero attached hydrogens (tertiary/aromatic N) is 1. The number of hydrogen-bond acceptors (Lipinski definition) is 2. The lowest BCUT2D eigenvalue weighted by Gasteiger charge is -2.30. The first kappa shape index (κ1) is 33.6. The molecule has 1 aromatic rings. The van der Waals surface area contributed by atoms with E-state index in [9.17, 15) is 26.7 Å². The monoisotopic (exact) mass is 536 g/mol. The summed E-state index contributed by atoms with van der Waals surface area (Å²) >= 11 is 0. The van der Waals surface area contributed by atoms with Crippen LogP contribution in [0.5, 0.6) is 0 Å². The van der Waals surface area contributed by atoms with Crippen molar-refractivity contribution in [3.63, 3.8) is 0 Å². The SMILES string of the molecule is CCCCCCCCCCCC(C)(CCCC(CCCC)CCC(F)(F)C(F)(F)F)c1ccc(=O)[nH]n1. The number of alkyl halides is 5. The molecule has 0 radical (unpaired) electrons. The van der Waals surface area contributed by atoms with Crippen LogP contribution in [0.3, 0.4) is 0 Å². The Labute approximate surface area is 220 Å². The average Bonchev–Trinajstić information content (AvgIpc) is 2.84. The van der Waals surface area contributed by atoms with Gasteiger partial charge in [0.1, 0.15) is 0 Å². The van der Waals surface area contributed by atoms with Gasteiger partial charge in [-0.15, -0.1) is 0 Å². The number of H-pyrrole nitrogens is 1. The predicted molar refractivity (Wildman–Crippen MR) is 141 cm³/mol. The fourth-order valence-electron chi connectivity index (χ4n) is 5.12. The summed E-state index contributed by atoms with van der Waals surface area (Å²) in [5, 5.41) is 6.81. The molecule has 37 heavy (non-hydrogen) atoms. The Bertz CT molecular complexity index is 760. The topological polar surface area (TPSA) is 45.8 Å². The lowest BCUT2D eigenvalue weighted by Crippen LogP contribution is -2.36. The van der Waals surface area contributed by atoms with Crippen molar-refractivity contribution in [3.05, 3.63) is 28.2 Å².